The fourth-order valence-electron chi connectivity index (χ4n) is 5.62. The van der Waals surface area contributed by atoms with Gasteiger partial charge in [0.1, 0.15) is 23.6 Å². The van der Waals surface area contributed by atoms with Gasteiger partial charge in [-0.25, -0.2) is 4.39 Å². The Balaban J connectivity index is 1.23. The molecule has 232 valence electrons. The summed E-state index contributed by atoms with van der Waals surface area (Å²) in [6.07, 6.45) is -4.67. The highest BCUT2D eigenvalue weighted by Crippen LogP contribution is 2.50. The number of benzene rings is 3. The largest absolute Gasteiger partial charge is 0.586 e. The van der Waals surface area contributed by atoms with Crippen LogP contribution in [0.5, 0.6) is 17.2 Å². The van der Waals surface area contributed by atoms with Crippen molar-refractivity contribution in [2.45, 2.75) is 64.1 Å². The number of hydrogen-bond acceptors (Lipinski definition) is 6. The molecular weight excluding hydrogens is 577 g/mol. The first kappa shape index (κ1) is 29.8. The molecule has 0 saturated heterocycles. The van der Waals surface area contributed by atoms with Gasteiger partial charge in [-0.15, -0.1) is 8.78 Å². The second-order valence-electron chi connectivity index (χ2n) is 12.5. The molecule has 1 unspecified atom stereocenters. The summed E-state index contributed by atoms with van der Waals surface area (Å²) in [6, 6.07) is 17.0. The molecule has 8 nitrogen and oxygen atoms in total. The maximum Gasteiger partial charge on any atom is 0.586 e. The van der Waals surface area contributed by atoms with Crippen molar-refractivity contribution in [1.29, 1.82) is 0 Å². The van der Waals surface area contributed by atoms with Gasteiger partial charge in [-0.3, -0.25) is 4.79 Å². The van der Waals surface area contributed by atoms with Gasteiger partial charge in [0.2, 0.25) is 5.91 Å². The van der Waals surface area contributed by atoms with Crippen molar-refractivity contribution >= 4 is 22.5 Å². The van der Waals surface area contributed by atoms with Crippen molar-refractivity contribution in [2.24, 2.45) is 0 Å². The van der Waals surface area contributed by atoms with Gasteiger partial charge in [-0.1, -0.05) is 51.1 Å². The highest BCUT2D eigenvalue weighted by Gasteiger charge is 2.49. The second kappa shape index (κ2) is 10.7. The first-order chi connectivity index (χ1) is 20.7. The number of amides is 1. The predicted octanol–water partition coefficient (Wildman–Crippen LogP) is 6.27. The van der Waals surface area contributed by atoms with Crippen LogP contribution in [0.4, 0.5) is 18.9 Å². The Bertz CT molecular complexity index is 1730. The van der Waals surface area contributed by atoms with E-state index < -0.39 is 29.5 Å². The van der Waals surface area contributed by atoms with E-state index in [1.54, 1.807) is 13.0 Å². The molecule has 0 radical (unpaired) electrons. The molecule has 6 rings (SSSR count). The van der Waals surface area contributed by atoms with E-state index >= 15 is 4.39 Å². The molecule has 0 bridgehead atoms. The van der Waals surface area contributed by atoms with E-state index in [0.29, 0.717) is 23.1 Å². The lowest BCUT2D eigenvalue weighted by molar-refractivity contribution is -0.286. The Morgan fingerprint density at radius 2 is 1.77 bits per heavy atom. The summed E-state index contributed by atoms with van der Waals surface area (Å²) in [5.74, 6) is -1.46. The molecule has 1 aromatic heterocycles. The number of aliphatic hydroxyl groups excluding tert-OH is 1. The zero-order valence-electron chi connectivity index (χ0n) is 24.7. The van der Waals surface area contributed by atoms with Gasteiger partial charge in [0.05, 0.1) is 37.1 Å². The van der Waals surface area contributed by atoms with Crippen LogP contribution in [0.3, 0.4) is 0 Å². The minimum Gasteiger partial charge on any atom is -0.492 e. The van der Waals surface area contributed by atoms with Crippen LogP contribution in [0.15, 0.2) is 60.7 Å². The first-order valence-corrected chi connectivity index (χ1v) is 14.3. The van der Waals surface area contributed by atoms with E-state index in [1.807, 2.05) is 61.7 Å². The molecule has 2 N–H and O–H groups in total. The van der Waals surface area contributed by atoms with Crippen LogP contribution in [0.25, 0.3) is 10.9 Å². The van der Waals surface area contributed by atoms with Gasteiger partial charge >= 0.3 is 6.29 Å². The lowest BCUT2D eigenvalue weighted by Gasteiger charge is -2.24. The molecule has 3 heterocycles. The molecule has 11 heteroatoms. The van der Waals surface area contributed by atoms with Crippen LogP contribution < -0.4 is 19.5 Å². The van der Waals surface area contributed by atoms with Crippen LogP contribution in [-0.4, -0.2) is 41.2 Å². The number of alkyl halides is 2. The molecule has 3 aromatic carbocycles. The van der Waals surface area contributed by atoms with E-state index in [0.717, 1.165) is 11.3 Å². The molecule has 0 aliphatic carbocycles. The number of ether oxygens (including phenoxy) is 4. The van der Waals surface area contributed by atoms with E-state index in [9.17, 15) is 18.7 Å². The van der Waals surface area contributed by atoms with E-state index in [1.165, 1.54) is 18.2 Å². The number of anilines is 1. The zero-order chi connectivity index (χ0) is 31.4. The Hall–Kier alpha value is -4.22. The highest BCUT2D eigenvalue weighted by molar-refractivity contribution is 6.01. The number of nitrogens with zero attached hydrogens (tertiary/aromatic N) is 1. The van der Waals surface area contributed by atoms with Crippen molar-refractivity contribution in [3.63, 3.8) is 0 Å². The molecule has 0 saturated carbocycles. The van der Waals surface area contributed by atoms with Crippen molar-refractivity contribution in [2.75, 3.05) is 18.5 Å². The van der Waals surface area contributed by atoms with Crippen LogP contribution in [0.2, 0.25) is 0 Å². The Kier molecular flexibility index (Phi) is 7.28. The SMILES string of the molecule is CC(C)(C)c1cc2cc(NC(=O)C3(C)COc4cc5c(cc43)OC(F)(F)O5)c(F)cc2n1C[C@@H](O)COCc1ccccc1. The lowest BCUT2D eigenvalue weighted by atomic mass is 9.83. The fraction of sp³-hybridized carbons (Fsp3) is 0.364. The number of hydrogen-bond donors (Lipinski definition) is 2. The van der Waals surface area contributed by atoms with Gasteiger partial charge in [0.15, 0.2) is 11.5 Å². The zero-order valence-corrected chi connectivity index (χ0v) is 24.7. The average molecular weight is 611 g/mol. The van der Waals surface area contributed by atoms with Gasteiger partial charge < -0.3 is 33.9 Å². The Morgan fingerprint density at radius 1 is 1.07 bits per heavy atom. The van der Waals surface area contributed by atoms with Crippen molar-refractivity contribution in [1.82, 2.24) is 4.57 Å². The second-order valence-corrected chi connectivity index (χ2v) is 12.5. The van der Waals surface area contributed by atoms with Gasteiger partial charge in [0.25, 0.3) is 0 Å². The molecule has 44 heavy (non-hydrogen) atoms. The van der Waals surface area contributed by atoms with Crippen LogP contribution in [-0.2, 0) is 33.5 Å². The summed E-state index contributed by atoms with van der Waals surface area (Å²) in [4.78, 5) is 13.6. The molecule has 0 spiro atoms. The van der Waals surface area contributed by atoms with Gasteiger partial charge in [0, 0.05) is 34.2 Å². The molecular formula is C33H33F3N2O6. The number of halogens is 3. The molecule has 0 fully saturated rings. The number of aliphatic hydroxyl groups is 1. The maximum atomic E-state index is 15.6. The van der Waals surface area contributed by atoms with E-state index in [-0.39, 0.29) is 48.1 Å². The summed E-state index contributed by atoms with van der Waals surface area (Å²) in [7, 11) is 0. The summed E-state index contributed by atoms with van der Waals surface area (Å²) < 4.78 is 65.1. The number of carbonyl (C=O) groups is 1. The minimum absolute atomic E-state index is 0.0474. The summed E-state index contributed by atoms with van der Waals surface area (Å²) in [6.45, 7) is 8.19. The number of fused-ring (bicyclic) bond motifs is 3. The molecule has 2 aliphatic heterocycles. The van der Waals surface area contributed by atoms with E-state index in [2.05, 4.69) is 14.8 Å². The fourth-order valence-corrected chi connectivity index (χ4v) is 5.62. The van der Waals surface area contributed by atoms with Crippen LogP contribution in [0, 0.1) is 5.82 Å². The summed E-state index contributed by atoms with van der Waals surface area (Å²) in [5, 5.41) is 14.2. The molecule has 4 aromatic rings. The van der Waals surface area contributed by atoms with Crippen molar-refractivity contribution in [3.05, 3.63) is 83.3 Å². The molecule has 1 amide bonds. The summed E-state index contributed by atoms with van der Waals surface area (Å²) in [5.41, 5.74) is 1.03. The number of nitrogens with one attached hydrogen (secondary N) is 1. The van der Waals surface area contributed by atoms with Crippen molar-refractivity contribution in [3.8, 4) is 17.2 Å². The monoisotopic (exact) mass is 610 g/mol. The number of aromatic nitrogens is 1. The normalized spacial score (nSPS) is 19.1. The minimum atomic E-state index is -3.82. The van der Waals surface area contributed by atoms with Gasteiger partial charge in [-0.2, -0.15) is 0 Å². The standard InChI is InChI=1S/C33H33F3N2O6/c1-31(2,3)29-11-20-10-24(23(34)13-25(20)38(29)15-21(39)17-41-16-19-8-6-5-7-9-19)37-30(40)32(4)18-42-26-14-28-27(12-22(26)32)43-33(35,36)44-28/h5-14,21,39H,15-18H2,1-4H3,(H,37,40)/t21-,32?/m1/s1. The molecule has 2 atom stereocenters. The number of rotatable bonds is 8. The average Bonchev–Trinajstić information content (AvgIpc) is 3.58. The first-order valence-electron chi connectivity index (χ1n) is 14.3. The number of carbonyl (C=O) groups excluding carboxylic acids is 1. The van der Waals surface area contributed by atoms with Crippen LogP contribution >= 0.6 is 0 Å². The highest BCUT2D eigenvalue weighted by atomic mass is 19.3. The third kappa shape index (κ3) is 5.57. The molecule has 2 aliphatic rings. The smallest absolute Gasteiger partial charge is 0.492 e. The third-order valence-corrected chi connectivity index (χ3v) is 7.94. The quantitative estimate of drug-likeness (QED) is 0.245. The predicted molar refractivity (Wildman–Crippen MR) is 157 cm³/mol. The van der Waals surface area contributed by atoms with E-state index in [4.69, 9.17) is 9.47 Å². The van der Waals surface area contributed by atoms with Crippen molar-refractivity contribution < 1.29 is 42.0 Å². The summed E-state index contributed by atoms with van der Waals surface area (Å²) >= 11 is 0. The topological polar surface area (TPSA) is 91.2 Å². The lowest BCUT2D eigenvalue weighted by Crippen LogP contribution is -2.39. The van der Waals surface area contributed by atoms with Gasteiger partial charge in [-0.05, 0) is 30.7 Å². The third-order valence-electron chi connectivity index (χ3n) is 7.94. The Labute approximate surface area is 252 Å². The maximum absolute atomic E-state index is 15.6. The Morgan fingerprint density at radius 3 is 2.48 bits per heavy atom. The van der Waals surface area contributed by atoms with Crippen LogP contribution in [0.1, 0.15) is 44.5 Å².